The van der Waals surface area contributed by atoms with Gasteiger partial charge in [0.1, 0.15) is 6.33 Å². The van der Waals surface area contributed by atoms with E-state index >= 15 is 0 Å². The number of rotatable bonds is 3. The normalized spacial score (nSPS) is 15.4. The summed E-state index contributed by atoms with van der Waals surface area (Å²) in [6, 6.07) is 8.80. The van der Waals surface area contributed by atoms with Crippen LogP contribution in [0.1, 0.15) is 24.5 Å². The van der Waals surface area contributed by atoms with Gasteiger partial charge in [0.2, 0.25) is 0 Å². The molecular weight excluding hydrogens is 260 g/mol. The van der Waals surface area contributed by atoms with Crippen molar-refractivity contribution in [1.29, 1.82) is 0 Å². The first-order chi connectivity index (χ1) is 9.04. The minimum Gasteiger partial charge on any atom is -0.241 e. The number of hydrogen-bond acceptors (Lipinski definition) is 4. The van der Waals surface area contributed by atoms with Crippen molar-refractivity contribution in [1.82, 2.24) is 9.97 Å². The van der Waals surface area contributed by atoms with Crippen LogP contribution in [0.2, 0.25) is 0 Å². The van der Waals surface area contributed by atoms with Crippen LogP contribution >= 0.6 is 0 Å². The summed E-state index contributed by atoms with van der Waals surface area (Å²) in [7, 11) is -3.15. The molecular formula is C14H14N2O2S. The smallest absolute Gasteiger partial charge is 0.175 e. The monoisotopic (exact) mass is 274 g/mol. The summed E-state index contributed by atoms with van der Waals surface area (Å²) in [5, 5.41) is 0. The highest BCUT2D eigenvalue weighted by Gasteiger charge is 2.25. The second-order valence-electron chi connectivity index (χ2n) is 4.90. The molecule has 0 radical (unpaired) electrons. The molecule has 0 bridgehead atoms. The third-order valence-corrected chi connectivity index (χ3v) is 4.39. The molecule has 1 aromatic carbocycles. The molecule has 3 rings (SSSR count). The van der Waals surface area contributed by atoms with Crippen LogP contribution in [0.5, 0.6) is 0 Å². The highest BCUT2D eigenvalue weighted by atomic mass is 32.2. The zero-order valence-electron chi connectivity index (χ0n) is 10.6. The van der Waals surface area contributed by atoms with E-state index in [1.54, 1.807) is 30.6 Å². The van der Waals surface area contributed by atoms with Crippen LogP contribution in [-0.4, -0.2) is 24.6 Å². The van der Waals surface area contributed by atoms with Crippen molar-refractivity contribution in [2.24, 2.45) is 0 Å². The van der Waals surface area contributed by atoms with Crippen molar-refractivity contribution < 1.29 is 8.42 Å². The topological polar surface area (TPSA) is 59.9 Å². The Labute approximate surface area is 112 Å². The maximum atomic E-state index is 11.4. The van der Waals surface area contributed by atoms with Gasteiger partial charge in [-0.15, -0.1) is 0 Å². The third-order valence-electron chi connectivity index (χ3n) is 3.26. The average Bonchev–Trinajstić information content (AvgIpc) is 3.22. The van der Waals surface area contributed by atoms with E-state index in [2.05, 4.69) is 9.97 Å². The van der Waals surface area contributed by atoms with Gasteiger partial charge in [-0.1, -0.05) is 12.1 Å². The number of sulfone groups is 1. The third kappa shape index (κ3) is 2.66. The predicted octanol–water partition coefficient (Wildman–Crippen LogP) is 2.42. The minimum absolute atomic E-state index is 0.327. The van der Waals surface area contributed by atoms with Crippen molar-refractivity contribution in [2.75, 3.05) is 6.26 Å². The molecule has 5 heteroatoms. The van der Waals surface area contributed by atoms with Gasteiger partial charge in [-0.3, -0.25) is 0 Å². The second-order valence-corrected chi connectivity index (χ2v) is 6.91. The molecule has 0 N–H and O–H groups in total. The molecule has 0 saturated heterocycles. The Morgan fingerprint density at radius 3 is 2.37 bits per heavy atom. The van der Waals surface area contributed by atoms with Crippen LogP contribution in [0.3, 0.4) is 0 Å². The van der Waals surface area contributed by atoms with Crippen LogP contribution in [0.15, 0.2) is 41.6 Å². The van der Waals surface area contributed by atoms with Gasteiger partial charge in [0.15, 0.2) is 9.84 Å². The fourth-order valence-electron chi connectivity index (χ4n) is 2.01. The van der Waals surface area contributed by atoms with Crippen molar-refractivity contribution in [3.8, 4) is 11.3 Å². The van der Waals surface area contributed by atoms with E-state index in [0.717, 1.165) is 17.0 Å². The Morgan fingerprint density at radius 1 is 1.11 bits per heavy atom. The summed E-state index contributed by atoms with van der Waals surface area (Å²) in [6.45, 7) is 0. The largest absolute Gasteiger partial charge is 0.241 e. The molecule has 19 heavy (non-hydrogen) atoms. The Balaban J connectivity index is 1.95. The molecule has 0 amide bonds. The van der Waals surface area contributed by atoms with Crippen molar-refractivity contribution >= 4 is 9.84 Å². The predicted molar refractivity (Wildman–Crippen MR) is 72.6 cm³/mol. The van der Waals surface area contributed by atoms with E-state index in [1.165, 1.54) is 19.1 Å². The Morgan fingerprint density at radius 2 is 1.79 bits per heavy atom. The van der Waals surface area contributed by atoms with Gasteiger partial charge >= 0.3 is 0 Å². The van der Waals surface area contributed by atoms with E-state index in [9.17, 15) is 8.42 Å². The second kappa shape index (κ2) is 4.42. The lowest BCUT2D eigenvalue weighted by molar-refractivity contribution is 0.602. The highest BCUT2D eigenvalue weighted by molar-refractivity contribution is 7.90. The highest BCUT2D eigenvalue weighted by Crippen LogP contribution is 2.39. The van der Waals surface area contributed by atoms with Gasteiger partial charge in [0.25, 0.3) is 0 Å². The lowest BCUT2D eigenvalue weighted by Crippen LogP contribution is -1.97. The fourth-order valence-corrected chi connectivity index (χ4v) is 2.64. The van der Waals surface area contributed by atoms with E-state index in [0.29, 0.717) is 10.8 Å². The van der Waals surface area contributed by atoms with Gasteiger partial charge in [-0.2, -0.15) is 0 Å². The van der Waals surface area contributed by atoms with E-state index in [4.69, 9.17) is 0 Å². The average molecular weight is 274 g/mol. The van der Waals surface area contributed by atoms with E-state index < -0.39 is 9.84 Å². The zero-order chi connectivity index (χ0) is 13.5. The first kappa shape index (κ1) is 12.3. The minimum atomic E-state index is -3.15. The lowest BCUT2D eigenvalue weighted by Gasteiger charge is -2.04. The quantitative estimate of drug-likeness (QED) is 0.862. The summed E-state index contributed by atoms with van der Waals surface area (Å²) in [6.07, 6.45) is 5.18. The van der Waals surface area contributed by atoms with Gasteiger partial charge in [-0.05, 0) is 31.0 Å². The number of benzene rings is 1. The summed E-state index contributed by atoms with van der Waals surface area (Å²) >= 11 is 0. The zero-order valence-corrected chi connectivity index (χ0v) is 11.4. The molecule has 0 aliphatic heterocycles. The Hall–Kier alpha value is -1.75. The Bertz CT molecular complexity index is 704. The first-order valence-electron chi connectivity index (χ1n) is 6.16. The molecule has 0 unspecified atom stereocenters. The van der Waals surface area contributed by atoms with Crippen LogP contribution in [0.25, 0.3) is 11.3 Å². The van der Waals surface area contributed by atoms with Crippen molar-refractivity contribution in [2.45, 2.75) is 23.7 Å². The van der Waals surface area contributed by atoms with Crippen molar-refractivity contribution in [3.05, 3.63) is 42.4 Å². The van der Waals surface area contributed by atoms with Gasteiger partial charge in [-0.25, -0.2) is 18.4 Å². The molecule has 1 heterocycles. The molecule has 1 aliphatic carbocycles. The first-order valence-corrected chi connectivity index (χ1v) is 8.05. The van der Waals surface area contributed by atoms with Gasteiger partial charge in [0.05, 0.1) is 10.6 Å². The molecule has 1 aliphatic rings. The van der Waals surface area contributed by atoms with Crippen LogP contribution < -0.4 is 0 Å². The molecule has 0 spiro atoms. The SMILES string of the molecule is CS(=O)(=O)c1ccc(-c2cc(C3CC3)ncn2)cc1. The summed E-state index contributed by atoms with van der Waals surface area (Å²) < 4.78 is 22.8. The number of nitrogens with zero attached hydrogens (tertiary/aromatic N) is 2. The molecule has 1 aromatic heterocycles. The van der Waals surface area contributed by atoms with Crippen LogP contribution in [-0.2, 0) is 9.84 Å². The summed E-state index contributed by atoms with van der Waals surface area (Å²) in [5.41, 5.74) is 2.84. The molecule has 2 aromatic rings. The standard InChI is InChI=1S/C14H14N2O2S/c1-19(17,18)12-6-4-11(5-7-12)14-8-13(10-2-3-10)15-9-16-14/h4-10H,2-3H2,1H3. The van der Waals surface area contributed by atoms with E-state index in [-0.39, 0.29) is 0 Å². The van der Waals surface area contributed by atoms with Crippen LogP contribution in [0.4, 0.5) is 0 Å². The molecule has 98 valence electrons. The van der Waals surface area contributed by atoms with Gasteiger partial charge < -0.3 is 0 Å². The molecule has 1 saturated carbocycles. The fraction of sp³-hybridized carbons (Fsp3) is 0.286. The van der Waals surface area contributed by atoms with Crippen LogP contribution in [0, 0.1) is 0 Å². The Kier molecular flexibility index (Phi) is 2.86. The van der Waals surface area contributed by atoms with E-state index in [1.807, 2.05) is 6.07 Å². The molecule has 4 nitrogen and oxygen atoms in total. The lowest BCUT2D eigenvalue weighted by atomic mass is 10.1. The number of aromatic nitrogens is 2. The summed E-state index contributed by atoms with van der Waals surface area (Å²) in [4.78, 5) is 8.85. The maximum absolute atomic E-state index is 11.4. The summed E-state index contributed by atoms with van der Waals surface area (Å²) in [5.74, 6) is 0.581. The maximum Gasteiger partial charge on any atom is 0.175 e. The number of hydrogen-bond donors (Lipinski definition) is 0. The molecule has 0 atom stereocenters. The van der Waals surface area contributed by atoms with Gasteiger partial charge in [0, 0.05) is 23.4 Å². The van der Waals surface area contributed by atoms with Crippen molar-refractivity contribution in [3.63, 3.8) is 0 Å². The molecule has 1 fully saturated rings.